The Morgan fingerprint density at radius 3 is 3.06 bits per heavy atom. The van der Waals surface area contributed by atoms with Gasteiger partial charge in [-0.1, -0.05) is 0 Å². The second-order valence-corrected chi connectivity index (χ2v) is 6.77. The molecule has 3 heterocycles. The molecule has 2 aliphatic rings. The van der Waals surface area contributed by atoms with Crippen LogP contribution in [0.25, 0.3) is 0 Å². The van der Waals surface area contributed by atoms with Crippen LogP contribution in [-0.2, 0) is 6.54 Å². The van der Waals surface area contributed by atoms with Gasteiger partial charge in [0.15, 0.2) is 0 Å². The molecule has 2 aliphatic heterocycles. The molecule has 0 bridgehead atoms. The maximum absolute atomic E-state index is 3.52. The fourth-order valence-electron chi connectivity index (χ4n) is 3.10. The van der Waals surface area contributed by atoms with Crippen molar-refractivity contribution in [3.8, 4) is 0 Å². The van der Waals surface area contributed by atoms with Crippen molar-refractivity contribution in [1.29, 1.82) is 0 Å². The predicted octanol–water partition coefficient (Wildman–Crippen LogP) is 2.24. The van der Waals surface area contributed by atoms with Gasteiger partial charge in [-0.2, -0.15) is 0 Å². The minimum Gasteiger partial charge on any atom is -0.316 e. The van der Waals surface area contributed by atoms with E-state index in [1.54, 1.807) is 0 Å². The van der Waals surface area contributed by atoms with Crippen LogP contribution in [0.2, 0.25) is 0 Å². The smallest absolute Gasteiger partial charge is 0.0328 e. The van der Waals surface area contributed by atoms with Crippen molar-refractivity contribution in [2.75, 3.05) is 26.2 Å². The first-order valence-electron chi connectivity index (χ1n) is 6.24. The van der Waals surface area contributed by atoms with Gasteiger partial charge in [-0.15, -0.1) is 11.3 Å². The van der Waals surface area contributed by atoms with Gasteiger partial charge in [0, 0.05) is 29.4 Å². The molecular weight excluding hydrogens is 216 g/mol. The quantitative estimate of drug-likeness (QED) is 0.847. The van der Waals surface area contributed by atoms with Gasteiger partial charge in [-0.3, -0.25) is 4.90 Å². The normalized spacial score (nSPS) is 30.6. The number of thiophene rings is 1. The van der Waals surface area contributed by atoms with E-state index in [0.717, 1.165) is 0 Å². The summed E-state index contributed by atoms with van der Waals surface area (Å²) in [6.45, 7) is 8.43. The lowest BCUT2D eigenvalue weighted by Gasteiger charge is -2.22. The average molecular weight is 236 g/mol. The second kappa shape index (κ2) is 4.13. The third-order valence-electron chi connectivity index (χ3n) is 4.02. The molecule has 1 N–H and O–H groups in total. The molecule has 2 nitrogen and oxygen atoms in total. The highest BCUT2D eigenvalue weighted by Crippen LogP contribution is 2.36. The van der Waals surface area contributed by atoms with Crippen LogP contribution < -0.4 is 5.32 Å². The van der Waals surface area contributed by atoms with Gasteiger partial charge in [0.05, 0.1) is 0 Å². The summed E-state index contributed by atoms with van der Waals surface area (Å²) in [7, 11) is 0. The number of likely N-dealkylation sites (tertiary alicyclic amines) is 1. The molecule has 0 saturated carbocycles. The Balaban J connectivity index is 1.61. The minimum atomic E-state index is 0.617. The van der Waals surface area contributed by atoms with E-state index in [9.17, 15) is 0 Å². The maximum Gasteiger partial charge on any atom is 0.0328 e. The van der Waals surface area contributed by atoms with Gasteiger partial charge >= 0.3 is 0 Å². The van der Waals surface area contributed by atoms with Crippen molar-refractivity contribution < 1.29 is 0 Å². The predicted molar refractivity (Wildman–Crippen MR) is 68.9 cm³/mol. The highest BCUT2D eigenvalue weighted by Gasteiger charge is 2.40. The van der Waals surface area contributed by atoms with Crippen LogP contribution in [0.4, 0.5) is 0 Å². The van der Waals surface area contributed by atoms with E-state index in [1.165, 1.54) is 55.3 Å². The van der Waals surface area contributed by atoms with E-state index < -0.39 is 0 Å². The number of hydrogen-bond donors (Lipinski definition) is 1. The lowest BCUT2D eigenvalue weighted by molar-refractivity contribution is 0.270. The number of nitrogens with one attached hydrogen (secondary N) is 1. The lowest BCUT2D eigenvalue weighted by atomic mass is 9.87. The maximum atomic E-state index is 3.52. The molecule has 0 amide bonds. The molecule has 1 unspecified atom stereocenters. The first-order chi connectivity index (χ1) is 7.76. The Morgan fingerprint density at radius 1 is 1.44 bits per heavy atom. The molecular formula is C13H20N2S. The fraction of sp³-hybridized carbons (Fsp3) is 0.692. The van der Waals surface area contributed by atoms with E-state index in [2.05, 4.69) is 29.3 Å². The van der Waals surface area contributed by atoms with Crippen molar-refractivity contribution in [3.63, 3.8) is 0 Å². The van der Waals surface area contributed by atoms with Gasteiger partial charge in [0.25, 0.3) is 0 Å². The van der Waals surface area contributed by atoms with E-state index in [0.29, 0.717) is 5.41 Å². The SMILES string of the molecule is Cc1ccc(CN2CCC3(CCNC3)C2)s1. The molecule has 0 aromatic carbocycles. The molecule has 0 aliphatic carbocycles. The molecule has 0 radical (unpaired) electrons. The first-order valence-corrected chi connectivity index (χ1v) is 7.06. The molecule has 3 rings (SSSR count). The van der Waals surface area contributed by atoms with Crippen molar-refractivity contribution in [1.82, 2.24) is 10.2 Å². The monoisotopic (exact) mass is 236 g/mol. The van der Waals surface area contributed by atoms with E-state index in [-0.39, 0.29) is 0 Å². The summed E-state index contributed by atoms with van der Waals surface area (Å²) in [5.74, 6) is 0. The molecule has 88 valence electrons. The molecule has 1 spiro atoms. The molecule has 1 atom stereocenters. The Labute approximate surface area is 102 Å². The Bertz CT molecular complexity index is 366. The molecule has 2 fully saturated rings. The van der Waals surface area contributed by atoms with E-state index >= 15 is 0 Å². The summed E-state index contributed by atoms with van der Waals surface area (Å²) < 4.78 is 0. The van der Waals surface area contributed by atoms with Crippen molar-refractivity contribution in [2.45, 2.75) is 26.3 Å². The molecule has 2 saturated heterocycles. The largest absolute Gasteiger partial charge is 0.316 e. The average Bonchev–Trinajstić information content (AvgIpc) is 2.94. The second-order valence-electron chi connectivity index (χ2n) is 5.40. The van der Waals surface area contributed by atoms with Crippen molar-refractivity contribution in [3.05, 3.63) is 21.9 Å². The van der Waals surface area contributed by atoms with Crippen LogP contribution >= 0.6 is 11.3 Å². The Kier molecular flexibility index (Phi) is 2.78. The van der Waals surface area contributed by atoms with Gasteiger partial charge in [-0.05, 0) is 50.4 Å². The van der Waals surface area contributed by atoms with Crippen LogP contribution in [0, 0.1) is 12.3 Å². The van der Waals surface area contributed by atoms with Crippen LogP contribution in [-0.4, -0.2) is 31.1 Å². The van der Waals surface area contributed by atoms with Gasteiger partial charge in [-0.25, -0.2) is 0 Å². The zero-order valence-corrected chi connectivity index (χ0v) is 10.8. The van der Waals surface area contributed by atoms with Gasteiger partial charge < -0.3 is 5.32 Å². The molecule has 1 aromatic rings. The van der Waals surface area contributed by atoms with Crippen LogP contribution in [0.5, 0.6) is 0 Å². The fourth-order valence-corrected chi connectivity index (χ4v) is 4.03. The van der Waals surface area contributed by atoms with Crippen LogP contribution in [0.1, 0.15) is 22.6 Å². The lowest BCUT2D eigenvalue weighted by Crippen LogP contribution is -2.28. The summed E-state index contributed by atoms with van der Waals surface area (Å²) >= 11 is 1.95. The minimum absolute atomic E-state index is 0.617. The topological polar surface area (TPSA) is 15.3 Å². The standard InChI is InChI=1S/C13H20N2S/c1-11-2-3-12(16-11)8-15-7-5-13(10-15)4-6-14-9-13/h2-3,14H,4-10H2,1H3. The third kappa shape index (κ3) is 2.04. The van der Waals surface area contributed by atoms with Crippen LogP contribution in [0.15, 0.2) is 12.1 Å². The third-order valence-corrected chi connectivity index (χ3v) is 5.01. The molecule has 16 heavy (non-hydrogen) atoms. The molecule has 1 aromatic heterocycles. The van der Waals surface area contributed by atoms with Crippen molar-refractivity contribution in [2.24, 2.45) is 5.41 Å². The Hall–Kier alpha value is -0.380. The number of aryl methyl sites for hydroxylation is 1. The van der Waals surface area contributed by atoms with Crippen molar-refractivity contribution >= 4 is 11.3 Å². The zero-order chi connectivity index (χ0) is 11.0. The van der Waals surface area contributed by atoms with Crippen LogP contribution in [0.3, 0.4) is 0 Å². The van der Waals surface area contributed by atoms with E-state index in [1.807, 2.05) is 11.3 Å². The summed E-state index contributed by atoms with van der Waals surface area (Å²) in [6.07, 6.45) is 2.78. The number of nitrogens with zero attached hydrogens (tertiary/aromatic N) is 1. The number of rotatable bonds is 2. The van der Waals surface area contributed by atoms with Gasteiger partial charge in [0.2, 0.25) is 0 Å². The highest BCUT2D eigenvalue weighted by molar-refractivity contribution is 7.11. The summed E-state index contributed by atoms with van der Waals surface area (Å²) in [6, 6.07) is 4.53. The zero-order valence-electron chi connectivity index (χ0n) is 9.96. The summed E-state index contributed by atoms with van der Waals surface area (Å²) in [4.78, 5) is 5.60. The van der Waals surface area contributed by atoms with E-state index in [4.69, 9.17) is 0 Å². The first kappa shape index (κ1) is 10.8. The molecule has 3 heteroatoms. The Morgan fingerprint density at radius 2 is 2.38 bits per heavy atom. The number of hydrogen-bond acceptors (Lipinski definition) is 3. The highest BCUT2D eigenvalue weighted by atomic mass is 32.1. The summed E-state index contributed by atoms with van der Waals surface area (Å²) in [5, 5.41) is 3.52. The van der Waals surface area contributed by atoms with Gasteiger partial charge in [0.1, 0.15) is 0 Å². The summed E-state index contributed by atoms with van der Waals surface area (Å²) in [5.41, 5.74) is 0.617.